The predicted molar refractivity (Wildman–Crippen MR) is 72.3 cm³/mol. The van der Waals surface area contributed by atoms with Crippen molar-refractivity contribution in [3.05, 3.63) is 59.4 Å². The number of aliphatic hydroxyl groups is 1. The van der Waals surface area contributed by atoms with Crippen LogP contribution in [0.5, 0.6) is 0 Å². The van der Waals surface area contributed by atoms with Gasteiger partial charge in [0.1, 0.15) is 6.23 Å². The first kappa shape index (κ1) is 13.3. The number of aromatic amines is 1. The number of primary amides is 1. The fourth-order valence-corrected chi connectivity index (χ4v) is 1.87. The first-order valence-electron chi connectivity index (χ1n) is 6.05. The normalized spacial score (nSPS) is 14.0. The van der Waals surface area contributed by atoms with E-state index in [2.05, 4.69) is 10.3 Å². The van der Waals surface area contributed by atoms with Gasteiger partial charge >= 0.3 is 0 Å². The van der Waals surface area contributed by atoms with Crippen molar-refractivity contribution in [3.63, 3.8) is 0 Å². The van der Waals surface area contributed by atoms with E-state index in [0.29, 0.717) is 11.3 Å². The number of aliphatic hydroxyl groups excluding tert-OH is 1. The number of nitrogens with one attached hydrogen (secondary N) is 2. The van der Waals surface area contributed by atoms with Crippen LogP contribution >= 0.6 is 0 Å². The van der Waals surface area contributed by atoms with Crippen molar-refractivity contribution in [2.24, 2.45) is 5.73 Å². The number of amides is 1. The molecular formula is C14H17N3O2. The number of nitrogens with two attached hydrogens (primary N) is 1. The van der Waals surface area contributed by atoms with Gasteiger partial charge in [-0.15, -0.1) is 0 Å². The molecule has 0 saturated carbocycles. The molecule has 100 valence electrons. The Hall–Kier alpha value is -2.11. The Kier molecular flexibility index (Phi) is 3.99. The number of carbonyl (C=O) groups excluding carboxylic acids is 1. The van der Waals surface area contributed by atoms with Crippen molar-refractivity contribution in [3.8, 4) is 0 Å². The van der Waals surface area contributed by atoms with E-state index in [1.54, 1.807) is 24.4 Å². The van der Waals surface area contributed by atoms with E-state index < -0.39 is 12.1 Å². The maximum Gasteiger partial charge on any atom is 0.248 e. The second-order valence-electron chi connectivity index (χ2n) is 4.40. The summed E-state index contributed by atoms with van der Waals surface area (Å²) in [5, 5.41) is 13.0. The fourth-order valence-electron chi connectivity index (χ4n) is 1.87. The van der Waals surface area contributed by atoms with Crippen LogP contribution in [0.3, 0.4) is 0 Å². The van der Waals surface area contributed by atoms with E-state index in [-0.39, 0.29) is 6.04 Å². The van der Waals surface area contributed by atoms with Crippen LogP contribution in [0.25, 0.3) is 0 Å². The van der Waals surface area contributed by atoms with Crippen LogP contribution in [0, 0.1) is 0 Å². The van der Waals surface area contributed by atoms with Crippen LogP contribution in [-0.2, 0) is 0 Å². The van der Waals surface area contributed by atoms with Crippen LogP contribution in [0.2, 0.25) is 0 Å². The maximum atomic E-state index is 11.0. The summed E-state index contributed by atoms with van der Waals surface area (Å²) in [6.45, 7) is 1.94. The van der Waals surface area contributed by atoms with Gasteiger partial charge < -0.3 is 15.8 Å². The Balaban J connectivity index is 2.03. The van der Waals surface area contributed by atoms with Gasteiger partial charge in [-0.25, -0.2) is 0 Å². The lowest BCUT2D eigenvalue weighted by Crippen LogP contribution is -2.24. The van der Waals surface area contributed by atoms with Crippen molar-refractivity contribution in [1.82, 2.24) is 10.3 Å². The average molecular weight is 259 g/mol. The molecule has 0 aliphatic rings. The van der Waals surface area contributed by atoms with Crippen molar-refractivity contribution in [2.75, 3.05) is 0 Å². The van der Waals surface area contributed by atoms with Crippen LogP contribution < -0.4 is 11.1 Å². The van der Waals surface area contributed by atoms with Crippen molar-refractivity contribution >= 4 is 5.91 Å². The molecule has 2 aromatic rings. The molecule has 19 heavy (non-hydrogen) atoms. The minimum absolute atomic E-state index is 0.0553. The zero-order chi connectivity index (χ0) is 13.8. The number of hydrogen-bond donors (Lipinski definition) is 4. The molecule has 2 atom stereocenters. The zero-order valence-electron chi connectivity index (χ0n) is 10.6. The second-order valence-corrected chi connectivity index (χ2v) is 4.40. The van der Waals surface area contributed by atoms with E-state index in [4.69, 9.17) is 5.73 Å². The highest BCUT2D eigenvalue weighted by atomic mass is 16.3. The number of carbonyl (C=O) groups is 1. The molecule has 0 saturated heterocycles. The molecule has 0 aliphatic carbocycles. The Morgan fingerprint density at radius 1 is 1.32 bits per heavy atom. The Morgan fingerprint density at radius 2 is 2.00 bits per heavy atom. The molecular weight excluding hydrogens is 242 g/mol. The predicted octanol–water partition coefficient (Wildman–Crippen LogP) is 1.46. The highest BCUT2D eigenvalue weighted by Gasteiger charge is 2.13. The lowest BCUT2D eigenvalue weighted by atomic mass is 10.1. The first-order valence-corrected chi connectivity index (χ1v) is 6.05. The highest BCUT2D eigenvalue weighted by molar-refractivity contribution is 5.92. The summed E-state index contributed by atoms with van der Waals surface area (Å²) in [6, 6.07) is 10.6. The SMILES string of the molecule is C[C@@H](NC(O)c1ccc[nH]1)c1ccc(C(N)=O)cc1. The topological polar surface area (TPSA) is 91.1 Å². The largest absolute Gasteiger partial charge is 0.373 e. The summed E-state index contributed by atoms with van der Waals surface area (Å²) in [6.07, 6.45) is 0.993. The Labute approximate surface area is 111 Å². The third-order valence-corrected chi connectivity index (χ3v) is 3.02. The molecule has 0 radical (unpaired) electrons. The lowest BCUT2D eigenvalue weighted by molar-refractivity contribution is 0.1000. The van der Waals surface area contributed by atoms with E-state index in [1.165, 1.54) is 0 Å². The van der Waals surface area contributed by atoms with E-state index in [0.717, 1.165) is 5.56 Å². The zero-order valence-corrected chi connectivity index (χ0v) is 10.6. The molecule has 2 rings (SSSR count). The highest BCUT2D eigenvalue weighted by Crippen LogP contribution is 2.17. The minimum atomic E-state index is -0.763. The number of hydrogen-bond acceptors (Lipinski definition) is 3. The third-order valence-electron chi connectivity index (χ3n) is 3.02. The molecule has 1 aromatic carbocycles. The molecule has 0 aliphatic heterocycles. The van der Waals surface area contributed by atoms with Gasteiger partial charge in [0.25, 0.3) is 0 Å². The summed E-state index contributed by atoms with van der Waals surface area (Å²) < 4.78 is 0. The maximum absolute atomic E-state index is 11.0. The number of aromatic nitrogens is 1. The van der Waals surface area contributed by atoms with Gasteiger partial charge in [-0.2, -0.15) is 0 Å². The van der Waals surface area contributed by atoms with E-state index in [1.807, 2.05) is 25.1 Å². The summed E-state index contributed by atoms with van der Waals surface area (Å²) in [5.74, 6) is -0.446. The fraction of sp³-hybridized carbons (Fsp3) is 0.214. The summed E-state index contributed by atoms with van der Waals surface area (Å²) in [4.78, 5) is 13.9. The molecule has 0 spiro atoms. The molecule has 5 heteroatoms. The van der Waals surface area contributed by atoms with Crippen LogP contribution in [-0.4, -0.2) is 16.0 Å². The lowest BCUT2D eigenvalue weighted by Gasteiger charge is -2.18. The smallest absolute Gasteiger partial charge is 0.248 e. The molecule has 1 aromatic heterocycles. The Morgan fingerprint density at radius 3 is 2.53 bits per heavy atom. The van der Waals surface area contributed by atoms with Gasteiger partial charge in [0.2, 0.25) is 5.91 Å². The summed E-state index contributed by atoms with van der Waals surface area (Å²) in [7, 11) is 0. The van der Waals surface area contributed by atoms with Gasteiger partial charge in [0.05, 0.1) is 5.69 Å². The van der Waals surface area contributed by atoms with Gasteiger partial charge in [0.15, 0.2) is 0 Å². The molecule has 1 unspecified atom stereocenters. The van der Waals surface area contributed by atoms with E-state index in [9.17, 15) is 9.90 Å². The summed E-state index contributed by atoms with van der Waals surface area (Å²) in [5.41, 5.74) is 7.34. The van der Waals surface area contributed by atoms with Crippen LogP contribution in [0.15, 0.2) is 42.6 Å². The number of H-pyrrole nitrogens is 1. The number of benzene rings is 1. The van der Waals surface area contributed by atoms with E-state index >= 15 is 0 Å². The quantitative estimate of drug-likeness (QED) is 0.612. The molecule has 5 N–H and O–H groups in total. The van der Waals surface area contributed by atoms with Crippen molar-refractivity contribution in [2.45, 2.75) is 19.2 Å². The third kappa shape index (κ3) is 3.21. The monoisotopic (exact) mass is 259 g/mol. The average Bonchev–Trinajstić information content (AvgIpc) is 2.92. The molecule has 5 nitrogen and oxygen atoms in total. The number of rotatable bonds is 5. The van der Waals surface area contributed by atoms with Crippen molar-refractivity contribution in [1.29, 1.82) is 0 Å². The van der Waals surface area contributed by atoms with Gasteiger partial charge in [-0.1, -0.05) is 12.1 Å². The Bertz CT molecular complexity index is 534. The molecule has 0 fully saturated rings. The summed E-state index contributed by atoms with van der Waals surface area (Å²) >= 11 is 0. The van der Waals surface area contributed by atoms with Crippen LogP contribution in [0.1, 0.15) is 40.8 Å². The molecule has 1 heterocycles. The first-order chi connectivity index (χ1) is 9.08. The van der Waals surface area contributed by atoms with Gasteiger partial charge in [0, 0.05) is 17.8 Å². The minimum Gasteiger partial charge on any atom is -0.373 e. The molecule has 1 amide bonds. The van der Waals surface area contributed by atoms with Gasteiger partial charge in [-0.05, 0) is 36.8 Å². The second kappa shape index (κ2) is 5.69. The standard InChI is InChI=1S/C14H17N3O2/c1-9(17-14(19)12-3-2-8-16-12)10-4-6-11(7-5-10)13(15)18/h2-9,14,16-17,19H,1H3,(H2,15,18)/t9-,14?/m1/s1. The van der Waals surface area contributed by atoms with Crippen molar-refractivity contribution < 1.29 is 9.90 Å². The molecule has 0 bridgehead atoms. The van der Waals surface area contributed by atoms with Gasteiger partial charge in [-0.3, -0.25) is 10.1 Å². The van der Waals surface area contributed by atoms with Crippen LogP contribution in [0.4, 0.5) is 0 Å².